The van der Waals surface area contributed by atoms with Crippen LogP contribution < -0.4 is 10.6 Å². The lowest BCUT2D eigenvalue weighted by Gasteiger charge is -2.37. The highest BCUT2D eigenvalue weighted by Gasteiger charge is 2.38. The molecule has 0 saturated carbocycles. The van der Waals surface area contributed by atoms with E-state index in [4.69, 9.17) is 0 Å². The molecule has 1 aliphatic rings. The zero-order valence-electron chi connectivity index (χ0n) is 13.2. The average molecular weight is 268 g/mol. The molecule has 0 radical (unpaired) electrons. The molecule has 19 heavy (non-hydrogen) atoms. The third-order valence-electron chi connectivity index (χ3n) is 4.33. The van der Waals surface area contributed by atoms with Crippen LogP contribution in [0.2, 0.25) is 0 Å². The van der Waals surface area contributed by atoms with E-state index in [1.54, 1.807) is 0 Å². The molecule has 1 rings (SSSR count). The summed E-state index contributed by atoms with van der Waals surface area (Å²) in [6.07, 6.45) is 6.37. The van der Waals surface area contributed by atoms with Crippen molar-refractivity contribution in [1.29, 1.82) is 0 Å². The monoisotopic (exact) mass is 268 g/mol. The molecule has 1 amide bonds. The van der Waals surface area contributed by atoms with Gasteiger partial charge in [0.1, 0.15) is 0 Å². The number of hydrogen-bond donors (Lipinski definition) is 2. The molecular formula is C16H32N2O. The highest BCUT2D eigenvalue weighted by atomic mass is 16.2. The Balaban J connectivity index is 2.52. The zero-order chi connectivity index (χ0) is 14.3. The first-order chi connectivity index (χ1) is 9.00. The summed E-state index contributed by atoms with van der Waals surface area (Å²) in [5.41, 5.74) is -0.105. The predicted octanol–water partition coefficient (Wildman–Crippen LogP) is 3.10. The Labute approximate surface area is 118 Å². The van der Waals surface area contributed by atoms with Gasteiger partial charge in [-0.3, -0.25) is 4.79 Å². The number of rotatable bonds is 7. The maximum Gasteiger partial charge on any atom is 0.226 e. The van der Waals surface area contributed by atoms with E-state index in [9.17, 15) is 4.79 Å². The summed E-state index contributed by atoms with van der Waals surface area (Å²) >= 11 is 0. The van der Waals surface area contributed by atoms with E-state index in [0.717, 1.165) is 45.2 Å². The summed E-state index contributed by atoms with van der Waals surface area (Å²) in [7, 11) is 0. The SMILES string of the molecule is CCCC1(C(=O)NC(C)CCC(C)C)CCNCC1. The Hall–Kier alpha value is -0.570. The van der Waals surface area contributed by atoms with Gasteiger partial charge in [-0.15, -0.1) is 0 Å². The molecule has 1 atom stereocenters. The minimum absolute atomic E-state index is 0.105. The van der Waals surface area contributed by atoms with Gasteiger partial charge in [0.2, 0.25) is 5.91 Å². The van der Waals surface area contributed by atoms with Crippen LogP contribution in [0.4, 0.5) is 0 Å². The fraction of sp³-hybridized carbons (Fsp3) is 0.938. The third kappa shape index (κ3) is 5.13. The molecule has 112 valence electrons. The van der Waals surface area contributed by atoms with E-state index in [1.807, 2.05) is 0 Å². The van der Waals surface area contributed by atoms with Gasteiger partial charge in [0.15, 0.2) is 0 Å². The Morgan fingerprint density at radius 2 is 1.84 bits per heavy atom. The van der Waals surface area contributed by atoms with Gasteiger partial charge < -0.3 is 10.6 Å². The van der Waals surface area contributed by atoms with Gasteiger partial charge in [0.05, 0.1) is 5.41 Å². The molecule has 0 aromatic heterocycles. The van der Waals surface area contributed by atoms with E-state index >= 15 is 0 Å². The minimum atomic E-state index is -0.105. The van der Waals surface area contributed by atoms with Gasteiger partial charge >= 0.3 is 0 Å². The highest BCUT2D eigenvalue weighted by molar-refractivity contribution is 5.83. The Morgan fingerprint density at radius 1 is 1.21 bits per heavy atom. The van der Waals surface area contributed by atoms with Crippen molar-refractivity contribution in [3.63, 3.8) is 0 Å². The Bertz CT molecular complexity index is 264. The van der Waals surface area contributed by atoms with Crippen LogP contribution in [0, 0.1) is 11.3 Å². The summed E-state index contributed by atoms with van der Waals surface area (Å²) in [6.45, 7) is 10.8. The maximum absolute atomic E-state index is 12.6. The van der Waals surface area contributed by atoms with Crippen LogP contribution in [0.25, 0.3) is 0 Å². The molecule has 0 bridgehead atoms. The molecule has 0 aliphatic carbocycles. The van der Waals surface area contributed by atoms with Crippen molar-refractivity contribution in [3.8, 4) is 0 Å². The average Bonchev–Trinajstić information content (AvgIpc) is 2.37. The third-order valence-corrected chi connectivity index (χ3v) is 4.33. The topological polar surface area (TPSA) is 41.1 Å². The molecule has 0 aromatic carbocycles. The van der Waals surface area contributed by atoms with Crippen LogP contribution in [0.5, 0.6) is 0 Å². The molecule has 1 heterocycles. The number of carbonyl (C=O) groups excluding carboxylic acids is 1. The van der Waals surface area contributed by atoms with Gasteiger partial charge in [-0.05, 0) is 58.0 Å². The van der Waals surface area contributed by atoms with E-state index in [-0.39, 0.29) is 5.41 Å². The van der Waals surface area contributed by atoms with E-state index < -0.39 is 0 Å². The normalized spacial score (nSPS) is 20.3. The van der Waals surface area contributed by atoms with Crippen LogP contribution in [-0.4, -0.2) is 25.0 Å². The van der Waals surface area contributed by atoms with Crippen molar-refractivity contribution in [3.05, 3.63) is 0 Å². The van der Waals surface area contributed by atoms with Gasteiger partial charge in [-0.25, -0.2) is 0 Å². The number of amides is 1. The number of nitrogens with one attached hydrogen (secondary N) is 2. The Kier molecular flexibility index (Phi) is 6.84. The number of hydrogen-bond acceptors (Lipinski definition) is 2. The number of piperidine rings is 1. The predicted molar refractivity (Wildman–Crippen MR) is 81.1 cm³/mol. The summed E-state index contributed by atoms with van der Waals surface area (Å²) in [4.78, 5) is 12.6. The molecule has 1 saturated heterocycles. The first-order valence-electron chi connectivity index (χ1n) is 8.02. The standard InChI is InChI=1S/C16H32N2O/c1-5-8-16(9-11-17-12-10-16)15(19)18-14(4)7-6-13(2)3/h13-14,17H,5-12H2,1-4H3,(H,18,19). The second-order valence-electron chi connectivity index (χ2n) is 6.63. The van der Waals surface area contributed by atoms with E-state index in [0.29, 0.717) is 17.9 Å². The van der Waals surface area contributed by atoms with Crippen molar-refractivity contribution >= 4 is 5.91 Å². The lowest BCUT2D eigenvalue weighted by Crippen LogP contribution is -2.49. The van der Waals surface area contributed by atoms with Gasteiger partial charge in [0, 0.05) is 6.04 Å². The number of carbonyl (C=O) groups is 1. The molecule has 3 nitrogen and oxygen atoms in total. The second kappa shape index (κ2) is 7.88. The first kappa shape index (κ1) is 16.5. The fourth-order valence-corrected chi connectivity index (χ4v) is 3.01. The van der Waals surface area contributed by atoms with Crippen molar-refractivity contribution in [2.24, 2.45) is 11.3 Å². The van der Waals surface area contributed by atoms with Crippen molar-refractivity contribution in [2.75, 3.05) is 13.1 Å². The van der Waals surface area contributed by atoms with Gasteiger partial charge in [0.25, 0.3) is 0 Å². The maximum atomic E-state index is 12.6. The van der Waals surface area contributed by atoms with Gasteiger partial charge in [-0.2, -0.15) is 0 Å². The lowest BCUT2D eigenvalue weighted by atomic mass is 9.74. The largest absolute Gasteiger partial charge is 0.353 e. The molecule has 1 unspecified atom stereocenters. The fourth-order valence-electron chi connectivity index (χ4n) is 3.01. The van der Waals surface area contributed by atoms with Crippen LogP contribution in [0.3, 0.4) is 0 Å². The molecule has 0 spiro atoms. The van der Waals surface area contributed by atoms with Crippen LogP contribution in [-0.2, 0) is 4.79 Å². The smallest absolute Gasteiger partial charge is 0.226 e. The molecule has 1 aliphatic heterocycles. The zero-order valence-corrected chi connectivity index (χ0v) is 13.2. The van der Waals surface area contributed by atoms with Crippen LogP contribution in [0.15, 0.2) is 0 Å². The van der Waals surface area contributed by atoms with E-state index in [1.165, 1.54) is 6.42 Å². The molecule has 2 N–H and O–H groups in total. The Morgan fingerprint density at radius 3 is 2.37 bits per heavy atom. The summed E-state index contributed by atoms with van der Waals surface area (Å²) < 4.78 is 0. The van der Waals surface area contributed by atoms with Crippen molar-refractivity contribution < 1.29 is 4.79 Å². The quantitative estimate of drug-likeness (QED) is 0.745. The minimum Gasteiger partial charge on any atom is -0.353 e. The molecule has 3 heteroatoms. The molecule has 0 aromatic rings. The molecular weight excluding hydrogens is 236 g/mol. The summed E-state index contributed by atoms with van der Waals surface area (Å²) in [5, 5.41) is 6.63. The van der Waals surface area contributed by atoms with Gasteiger partial charge in [-0.1, -0.05) is 27.2 Å². The van der Waals surface area contributed by atoms with E-state index in [2.05, 4.69) is 38.3 Å². The van der Waals surface area contributed by atoms with Crippen molar-refractivity contribution in [2.45, 2.75) is 72.3 Å². The molecule has 1 fully saturated rings. The summed E-state index contributed by atoms with van der Waals surface area (Å²) in [6, 6.07) is 0.304. The van der Waals surface area contributed by atoms with Crippen LogP contribution in [0.1, 0.15) is 66.2 Å². The highest BCUT2D eigenvalue weighted by Crippen LogP contribution is 2.34. The first-order valence-corrected chi connectivity index (χ1v) is 8.02. The van der Waals surface area contributed by atoms with Crippen molar-refractivity contribution in [1.82, 2.24) is 10.6 Å². The lowest BCUT2D eigenvalue weighted by molar-refractivity contribution is -0.133. The summed E-state index contributed by atoms with van der Waals surface area (Å²) in [5.74, 6) is 1.01. The van der Waals surface area contributed by atoms with Crippen LogP contribution >= 0.6 is 0 Å². The second-order valence-corrected chi connectivity index (χ2v) is 6.63.